The molecule has 0 spiro atoms. The molecule has 164 valence electrons. The molecule has 2 amide bonds. The number of rotatable bonds is 7. The zero-order chi connectivity index (χ0) is 22.8. The van der Waals surface area contributed by atoms with Gasteiger partial charge in [-0.2, -0.15) is 0 Å². The van der Waals surface area contributed by atoms with Crippen molar-refractivity contribution in [1.29, 1.82) is 0 Å². The van der Waals surface area contributed by atoms with E-state index < -0.39 is 21.5 Å². The van der Waals surface area contributed by atoms with Gasteiger partial charge in [-0.25, -0.2) is 15.0 Å². The summed E-state index contributed by atoms with van der Waals surface area (Å²) in [6.07, 6.45) is 1.24. The molecule has 0 saturated carbocycles. The molecule has 3 aromatic rings. The van der Waals surface area contributed by atoms with Crippen molar-refractivity contribution in [1.82, 2.24) is 25.4 Å². The van der Waals surface area contributed by atoms with Gasteiger partial charge in [-0.15, -0.1) is 11.8 Å². The Bertz CT molecular complexity index is 1190. The first kappa shape index (κ1) is 21.4. The summed E-state index contributed by atoms with van der Waals surface area (Å²) in [4.78, 5) is 59.4. The topological polar surface area (TPSA) is 151 Å². The molecule has 3 heterocycles. The molecule has 0 radical (unpaired) electrons. The largest absolute Gasteiger partial charge is 0.334 e. The van der Waals surface area contributed by atoms with Crippen LogP contribution in [0.4, 0.5) is 5.69 Å². The molecule has 12 heteroatoms. The number of hydrazine groups is 1. The summed E-state index contributed by atoms with van der Waals surface area (Å²) in [6, 6.07) is 9.52. The maximum atomic E-state index is 12.6. The van der Waals surface area contributed by atoms with Crippen molar-refractivity contribution in [2.45, 2.75) is 30.4 Å². The average Bonchev–Trinajstić information content (AvgIpc) is 3.34. The highest BCUT2D eigenvalue weighted by Crippen LogP contribution is 2.44. The number of fused-ring (bicyclic) bond motifs is 1. The average molecular weight is 454 g/mol. The number of H-pyrrole nitrogens is 1. The Balaban J connectivity index is 1.44. The third-order valence-electron chi connectivity index (χ3n) is 4.90. The second-order valence-corrected chi connectivity index (χ2v) is 8.50. The second kappa shape index (κ2) is 8.75. The molecule has 32 heavy (non-hydrogen) atoms. The van der Waals surface area contributed by atoms with E-state index >= 15 is 0 Å². The molecule has 2 aromatic heterocycles. The predicted octanol–water partition coefficient (Wildman–Crippen LogP) is 2.52. The van der Waals surface area contributed by atoms with Gasteiger partial charge in [0.05, 0.1) is 21.3 Å². The number of nitrogens with zero attached hydrogens (tertiary/aromatic N) is 4. The van der Waals surface area contributed by atoms with Gasteiger partial charge in [0.25, 0.3) is 11.6 Å². The molecular formula is C20H18N6O5S. The van der Waals surface area contributed by atoms with Crippen LogP contribution in [0.1, 0.15) is 41.3 Å². The van der Waals surface area contributed by atoms with Crippen LogP contribution in [0.25, 0.3) is 11.2 Å². The number of nitrogens with one attached hydrogen (secondary N) is 2. The summed E-state index contributed by atoms with van der Waals surface area (Å²) in [6.45, 7) is 1.67. The normalized spacial score (nSPS) is 18.2. The van der Waals surface area contributed by atoms with Gasteiger partial charge >= 0.3 is 0 Å². The Morgan fingerprint density at radius 1 is 1.25 bits per heavy atom. The second-order valence-electron chi connectivity index (χ2n) is 7.07. The quantitative estimate of drug-likeness (QED) is 0.314. The number of carbonyl (C=O) groups is 3. The van der Waals surface area contributed by atoms with E-state index in [4.69, 9.17) is 0 Å². The Morgan fingerprint density at radius 3 is 2.78 bits per heavy atom. The molecule has 0 aliphatic carbocycles. The molecule has 0 bridgehead atoms. The van der Waals surface area contributed by atoms with E-state index in [9.17, 15) is 24.5 Å². The highest BCUT2D eigenvalue weighted by molar-refractivity contribution is 8.01. The SMILES string of the molecule is CC1SC(c2ccccc2[N+](=O)[O-])N(NC(=O)CCC(=O)c2nc3ncccc3[nH]2)C1=O. The Kier molecular flexibility index (Phi) is 5.86. The molecule has 2 N–H and O–H groups in total. The molecule has 1 saturated heterocycles. The van der Waals surface area contributed by atoms with Gasteiger partial charge in [-0.05, 0) is 25.1 Å². The van der Waals surface area contributed by atoms with E-state index in [-0.39, 0.29) is 36.0 Å². The van der Waals surface area contributed by atoms with Crippen LogP contribution >= 0.6 is 11.8 Å². The Hall–Kier alpha value is -3.80. The fraction of sp³-hybridized carbons (Fsp3) is 0.250. The maximum Gasteiger partial charge on any atom is 0.275 e. The number of hydrogen-bond donors (Lipinski definition) is 2. The van der Waals surface area contributed by atoms with Gasteiger partial charge < -0.3 is 4.98 Å². The summed E-state index contributed by atoms with van der Waals surface area (Å²) in [5.74, 6) is -1.20. The van der Waals surface area contributed by atoms with Crippen LogP contribution in [0.5, 0.6) is 0 Å². The number of thioether (sulfide) groups is 1. The molecule has 1 aromatic carbocycles. The lowest BCUT2D eigenvalue weighted by Crippen LogP contribution is -2.45. The molecule has 4 rings (SSSR count). The highest BCUT2D eigenvalue weighted by atomic mass is 32.2. The lowest BCUT2D eigenvalue weighted by atomic mass is 10.1. The molecule has 2 unspecified atom stereocenters. The maximum absolute atomic E-state index is 12.6. The number of ketones is 1. The van der Waals surface area contributed by atoms with Gasteiger partial charge in [0, 0.05) is 25.1 Å². The standard InChI is InChI=1S/C20H18N6O5S/c1-11-19(29)25(20(32-11)12-5-2-3-7-14(12)26(30)31)24-16(28)9-8-15(27)18-22-13-6-4-10-21-17(13)23-18/h2-7,10-11,20H,8-9H2,1H3,(H,24,28)(H,21,22,23). The fourth-order valence-corrected chi connectivity index (χ4v) is 4.57. The van der Waals surface area contributed by atoms with Gasteiger partial charge in [-0.3, -0.25) is 29.9 Å². The van der Waals surface area contributed by atoms with Crippen molar-refractivity contribution in [2.75, 3.05) is 0 Å². The minimum absolute atomic E-state index is 0.103. The Labute approximate surface area is 185 Å². The molecular weight excluding hydrogens is 436 g/mol. The van der Waals surface area contributed by atoms with Crippen LogP contribution in [-0.4, -0.2) is 47.7 Å². The molecule has 2 atom stereocenters. The first-order chi connectivity index (χ1) is 15.3. The molecule has 11 nitrogen and oxygen atoms in total. The van der Waals surface area contributed by atoms with Gasteiger partial charge in [0.2, 0.25) is 5.91 Å². The number of aromatic amines is 1. The third-order valence-corrected chi connectivity index (χ3v) is 6.23. The zero-order valence-electron chi connectivity index (χ0n) is 16.8. The minimum atomic E-state index is -0.750. The van der Waals surface area contributed by atoms with Crippen LogP contribution in [0, 0.1) is 10.1 Å². The lowest BCUT2D eigenvalue weighted by molar-refractivity contribution is -0.385. The van der Waals surface area contributed by atoms with Crippen molar-refractivity contribution in [3.05, 3.63) is 64.1 Å². The summed E-state index contributed by atoms with van der Waals surface area (Å²) < 4.78 is 0. The first-order valence-corrected chi connectivity index (χ1v) is 10.6. The fourth-order valence-electron chi connectivity index (χ4n) is 3.33. The predicted molar refractivity (Wildman–Crippen MR) is 115 cm³/mol. The van der Waals surface area contributed by atoms with Crippen molar-refractivity contribution in [2.24, 2.45) is 0 Å². The van der Waals surface area contributed by atoms with Crippen LogP contribution in [0.15, 0.2) is 42.6 Å². The van der Waals surface area contributed by atoms with Gasteiger partial charge in [0.15, 0.2) is 17.3 Å². The number of aromatic nitrogens is 3. The monoisotopic (exact) mass is 454 g/mol. The number of amides is 2. The number of benzene rings is 1. The number of nitro groups is 1. The summed E-state index contributed by atoms with van der Waals surface area (Å²) >= 11 is 1.20. The van der Waals surface area contributed by atoms with Crippen molar-refractivity contribution >= 4 is 46.2 Å². The van der Waals surface area contributed by atoms with Gasteiger partial charge in [0.1, 0.15) is 5.37 Å². The zero-order valence-corrected chi connectivity index (χ0v) is 17.7. The van der Waals surface area contributed by atoms with Crippen LogP contribution in [-0.2, 0) is 9.59 Å². The van der Waals surface area contributed by atoms with Gasteiger partial charge in [-0.1, -0.05) is 12.1 Å². The van der Waals surface area contributed by atoms with E-state index in [1.807, 2.05) is 0 Å². The first-order valence-electron chi connectivity index (χ1n) is 9.70. The van der Waals surface area contributed by atoms with E-state index in [0.29, 0.717) is 16.7 Å². The van der Waals surface area contributed by atoms with E-state index in [1.165, 1.54) is 23.9 Å². The van der Waals surface area contributed by atoms with E-state index in [1.54, 1.807) is 37.4 Å². The summed E-state index contributed by atoms with van der Waals surface area (Å²) in [5, 5.41) is 11.3. The summed E-state index contributed by atoms with van der Waals surface area (Å²) in [7, 11) is 0. The number of imidazole rings is 1. The third kappa shape index (κ3) is 4.17. The van der Waals surface area contributed by atoms with E-state index in [2.05, 4.69) is 20.4 Å². The highest BCUT2D eigenvalue weighted by Gasteiger charge is 2.42. The molecule has 1 fully saturated rings. The number of Topliss-reactive ketones (excluding diaryl/α,β-unsaturated/α-hetero) is 1. The molecule has 1 aliphatic heterocycles. The summed E-state index contributed by atoms with van der Waals surface area (Å²) in [5.41, 5.74) is 3.70. The Morgan fingerprint density at radius 2 is 2.03 bits per heavy atom. The lowest BCUT2D eigenvalue weighted by Gasteiger charge is -2.24. The van der Waals surface area contributed by atoms with Crippen molar-refractivity contribution in [3.8, 4) is 0 Å². The minimum Gasteiger partial charge on any atom is -0.334 e. The van der Waals surface area contributed by atoms with Crippen molar-refractivity contribution < 1.29 is 19.3 Å². The van der Waals surface area contributed by atoms with Crippen LogP contribution < -0.4 is 5.43 Å². The number of nitro benzene ring substituents is 1. The number of hydrogen-bond acceptors (Lipinski definition) is 8. The van der Waals surface area contributed by atoms with E-state index in [0.717, 1.165) is 5.01 Å². The number of carbonyl (C=O) groups excluding carboxylic acids is 3. The van der Waals surface area contributed by atoms with Crippen molar-refractivity contribution in [3.63, 3.8) is 0 Å². The molecule has 1 aliphatic rings. The van der Waals surface area contributed by atoms with Crippen LogP contribution in [0.3, 0.4) is 0 Å². The number of pyridine rings is 1. The smallest absolute Gasteiger partial charge is 0.275 e. The number of para-hydroxylation sites is 1. The van der Waals surface area contributed by atoms with Crippen LogP contribution in [0.2, 0.25) is 0 Å².